The van der Waals surface area contributed by atoms with Gasteiger partial charge in [-0.2, -0.15) is 0 Å². The molecule has 13 heavy (non-hydrogen) atoms. The Morgan fingerprint density at radius 1 is 1.38 bits per heavy atom. The quantitative estimate of drug-likeness (QED) is 0.600. The van der Waals surface area contributed by atoms with Crippen LogP contribution in [0, 0.1) is 0 Å². The molecule has 0 fully saturated rings. The maximum Gasteiger partial charge on any atom is 0.339 e. The van der Waals surface area contributed by atoms with E-state index in [1.807, 2.05) is 0 Å². The summed E-state index contributed by atoms with van der Waals surface area (Å²) in [6, 6.07) is 3.10. The van der Waals surface area contributed by atoms with E-state index < -0.39 is 5.97 Å². The number of thiol groups is 1. The predicted molar refractivity (Wildman–Crippen MR) is 55.1 cm³/mol. The molecule has 0 N–H and O–H groups in total. The Morgan fingerprint density at radius 2 is 2.00 bits per heavy atom. The molecular weight excluding hydrogens is 231 g/mol. The van der Waals surface area contributed by atoms with Crippen molar-refractivity contribution in [2.24, 2.45) is 0 Å². The van der Waals surface area contributed by atoms with Crippen molar-refractivity contribution in [2.45, 2.75) is 4.90 Å². The first kappa shape index (κ1) is 10.7. The Morgan fingerprint density at radius 3 is 2.54 bits per heavy atom. The number of esters is 1. The molecule has 1 rings (SSSR count). The van der Waals surface area contributed by atoms with Crippen LogP contribution >= 0.6 is 35.8 Å². The predicted octanol–water partition coefficient (Wildman–Crippen LogP) is 3.07. The van der Waals surface area contributed by atoms with Crippen LogP contribution in [0.5, 0.6) is 0 Å². The van der Waals surface area contributed by atoms with Crippen LogP contribution in [-0.2, 0) is 4.74 Å². The van der Waals surface area contributed by atoms with E-state index in [-0.39, 0.29) is 15.6 Å². The van der Waals surface area contributed by atoms with Crippen LogP contribution in [0.3, 0.4) is 0 Å². The highest BCUT2D eigenvalue weighted by atomic mass is 35.5. The summed E-state index contributed by atoms with van der Waals surface area (Å²) in [5.41, 5.74) is 0.243. The first-order valence-electron chi connectivity index (χ1n) is 3.33. The summed E-state index contributed by atoms with van der Waals surface area (Å²) in [6.07, 6.45) is 0. The van der Waals surface area contributed by atoms with Crippen molar-refractivity contribution in [3.8, 4) is 0 Å². The van der Waals surface area contributed by atoms with Crippen molar-refractivity contribution in [3.63, 3.8) is 0 Å². The number of methoxy groups -OCH3 is 1. The maximum absolute atomic E-state index is 11.1. The molecule has 0 saturated heterocycles. The molecule has 0 radical (unpaired) electrons. The minimum Gasteiger partial charge on any atom is -0.465 e. The molecule has 0 aromatic heterocycles. The fraction of sp³-hybridized carbons (Fsp3) is 0.125. The summed E-state index contributed by atoms with van der Waals surface area (Å²) >= 11 is 15.6. The van der Waals surface area contributed by atoms with E-state index in [9.17, 15) is 4.79 Å². The van der Waals surface area contributed by atoms with Crippen molar-refractivity contribution in [2.75, 3.05) is 7.11 Å². The number of carbonyl (C=O) groups is 1. The summed E-state index contributed by atoms with van der Waals surface area (Å²) in [6.45, 7) is 0. The second kappa shape index (κ2) is 4.22. The number of carbonyl (C=O) groups excluding carboxylic acids is 1. The fourth-order valence-electron chi connectivity index (χ4n) is 0.807. The van der Waals surface area contributed by atoms with E-state index in [1.54, 1.807) is 6.07 Å². The number of hydrogen-bond donors (Lipinski definition) is 1. The lowest BCUT2D eigenvalue weighted by Crippen LogP contribution is -2.02. The minimum atomic E-state index is -0.514. The molecule has 0 aliphatic heterocycles. The van der Waals surface area contributed by atoms with Gasteiger partial charge in [-0.1, -0.05) is 23.2 Å². The second-order valence-electron chi connectivity index (χ2n) is 2.25. The van der Waals surface area contributed by atoms with Crippen LogP contribution in [0.1, 0.15) is 10.4 Å². The third-order valence-electron chi connectivity index (χ3n) is 1.47. The molecule has 0 aliphatic carbocycles. The highest BCUT2D eigenvalue weighted by molar-refractivity contribution is 7.80. The zero-order valence-corrected chi connectivity index (χ0v) is 9.08. The summed E-state index contributed by atoms with van der Waals surface area (Å²) in [7, 11) is 1.28. The lowest BCUT2D eigenvalue weighted by atomic mass is 10.2. The Kier molecular flexibility index (Phi) is 3.47. The zero-order valence-electron chi connectivity index (χ0n) is 6.67. The lowest BCUT2D eigenvalue weighted by Gasteiger charge is -2.04. The van der Waals surface area contributed by atoms with Crippen LogP contribution in [0.4, 0.5) is 0 Å². The number of benzene rings is 1. The van der Waals surface area contributed by atoms with Crippen LogP contribution < -0.4 is 0 Å². The molecule has 0 saturated carbocycles. The van der Waals surface area contributed by atoms with Crippen molar-refractivity contribution in [3.05, 3.63) is 27.7 Å². The van der Waals surface area contributed by atoms with Crippen molar-refractivity contribution >= 4 is 41.8 Å². The summed E-state index contributed by atoms with van der Waals surface area (Å²) in [5.74, 6) is -0.514. The first-order valence-corrected chi connectivity index (χ1v) is 4.53. The van der Waals surface area contributed by atoms with E-state index in [4.69, 9.17) is 23.2 Å². The SMILES string of the molecule is COC(=O)c1ccc(S)c(Cl)c1Cl. The van der Waals surface area contributed by atoms with E-state index in [0.29, 0.717) is 4.90 Å². The smallest absolute Gasteiger partial charge is 0.339 e. The molecule has 0 spiro atoms. The molecule has 0 aliphatic rings. The van der Waals surface area contributed by atoms with Gasteiger partial charge in [0.2, 0.25) is 0 Å². The fourth-order valence-corrected chi connectivity index (χ4v) is 1.47. The molecule has 1 aromatic carbocycles. The second-order valence-corrected chi connectivity index (χ2v) is 3.49. The van der Waals surface area contributed by atoms with E-state index >= 15 is 0 Å². The Hall–Kier alpha value is -0.380. The summed E-state index contributed by atoms with van der Waals surface area (Å²) in [5, 5.41) is 0.425. The third kappa shape index (κ3) is 2.10. The summed E-state index contributed by atoms with van der Waals surface area (Å²) in [4.78, 5) is 11.6. The third-order valence-corrected chi connectivity index (χ3v) is 2.85. The van der Waals surface area contributed by atoms with E-state index in [1.165, 1.54) is 13.2 Å². The minimum absolute atomic E-state index is 0.168. The highest BCUT2D eigenvalue weighted by Crippen LogP contribution is 2.31. The van der Waals surface area contributed by atoms with Gasteiger partial charge in [-0.15, -0.1) is 12.6 Å². The molecule has 2 nitrogen and oxygen atoms in total. The van der Waals surface area contributed by atoms with Gasteiger partial charge in [0.05, 0.1) is 22.7 Å². The average Bonchev–Trinajstić information content (AvgIpc) is 2.13. The first-order chi connectivity index (χ1) is 6.07. The van der Waals surface area contributed by atoms with E-state index in [2.05, 4.69) is 17.4 Å². The van der Waals surface area contributed by atoms with Crippen LogP contribution in [-0.4, -0.2) is 13.1 Å². The maximum atomic E-state index is 11.1. The number of hydrogen-bond acceptors (Lipinski definition) is 3. The van der Waals surface area contributed by atoms with Crippen molar-refractivity contribution < 1.29 is 9.53 Å². The summed E-state index contributed by atoms with van der Waals surface area (Å²) < 4.78 is 4.50. The number of ether oxygens (including phenoxy) is 1. The molecule has 0 heterocycles. The van der Waals surface area contributed by atoms with Gasteiger partial charge in [0.15, 0.2) is 0 Å². The highest BCUT2D eigenvalue weighted by Gasteiger charge is 2.14. The van der Waals surface area contributed by atoms with Gasteiger partial charge in [0, 0.05) is 4.90 Å². The van der Waals surface area contributed by atoms with Gasteiger partial charge in [0.1, 0.15) is 0 Å². The largest absolute Gasteiger partial charge is 0.465 e. The Balaban J connectivity index is 3.26. The van der Waals surface area contributed by atoms with Gasteiger partial charge in [-0.05, 0) is 12.1 Å². The normalized spacial score (nSPS) is 9.85. The monoisotopic (exact) mass is 236 g/mol. The van der Waals surface area contributed by atoms with Gasteiger partial charge in [-0.25, -0.2) is 4.79 Å². The topological polar surface area (TPSA) is 26.3 Å². The van der Waals surface area contributed by atoms with Crippen LogP contribution in [0.15, 0.2) is 17.0 Å². The lowest BCUT2D eigenvalue weighted by molar-refractivity contribution is 0.0601. The van der Waals surface area contributed by atoms with Gasteiger partial charge in [0.25, 0.3) is 0 Å². The van der Waals surface area contributed by atoms with Crippen LogP contribution in [0.2, 0.25) is 10.0 Å². The Bertz CT molecular complexity index is 352. The number of rotatable bonds is 1. The molecule has 0 unspecified atom stereocenters. The Labute approximate surface area is 91.2 Å². The van der Waals surface area contributed by atoms with Crippen molar-refractivity contribution in [1.82, 2.24) is 0 Å². The molecular formula is C8H6Cl2O2S. The molecule has 0 bridgehead atoms. The number of halogens is 2. The van der Waals surface area contributed by atoms with Crippen LogP contribution in [0.25, 0.3) is 0 Å². The van der Waals surface area contributed by atoms with Crippen molar-refractivity contribution in [1.29, 1.82) is 0 Å². The molecule has 70 valence electrons. The van der Waals surface area contributed by atoms with Gasteiger partial charge >= 0.3 is 5.97 Å². The van der Waals surface area contributed by atoms with Gasteiger partial charge in [-0.3, -0.25) is 0 Å². The molecule has 5 heteroatoms. The van der Waals surface area contributed by atoms with Gasteiger partial charge < -0.3 is 4.74 Å². The molecule has 1 aromatic rings. The molecule has 0 atom stereocenters. The van der Waals surface area contributed by atoms with E-state index in [0.717, 1.165) is 0 Å². The zero-order chi connectivity index (χ0) is 10.0. The average molecular weight is 237 g/mol. The molecule has 0 amide bonds. The standard InChI is InChI=1S/C8H6Cl2O2S/c1-12-8(11)4-2-3-5(13)7(10)6(4)9/h2-3,13H,1H3.